The summed E-state index contributed by atoms with van der Waals surface area (Å²) in [6.07, 6.45) is 5.32. The third-order valence-electron chi connectivity index (χ3n) is 6.94. The predicted molar refractivity (Wildman–Crippen MR) is 121 cm³/mol. The van der Waals surface area contributed by atoms with Crippen molar-refractivity contribution in [3.8, 4) is 0 Å². The Balaban J connectivity index is 1.29. The van der Waals surface area contributed by atoms with Gasteiger partial charge in [0.1, 0.15) is 0 Å². The highest BCUT2D eigenvalue weighted by molar-refractivity contribution is 5.94. The number of carbonyl (C=O) groups is 2. The smallest absolute Gasteiger partial charge is 0.251 e. The summed E-state index contributed by atoms with van der Waals surface area (Å²) in [5, 5.41) is 7.56. The van der Waals surface area contributed by atoms with Crippen LogP contribution < -0.4 is 5.32 Å². The van der Waals surface area contributed by atoms with Gasteiger partial charge in [-0.15, -0.1) is 0 Å². The molecule has 31 heavy (non-hydrogen) atoms. The SMILES string of the molecule is Cc1nn(C)c(C)c1C(C)NC(=O)c1ccc(CC2CCN(C(=O)C3CC3)CC2)cc1. The maximum absolute atomic E-state index is 12.7. The summed E-state index contributed by atoms with van der Waals surface area (Å²) in [7, 11) is 1.92. The molecule has 0 bridgehead atoms. The van der Waals surface area contributed by atoms with Gasteiger partial charge in [-0.2, -0.15) is 5.10 Å². The number of hydrogen-bond donors (Lipinski definition) is 1. The fourth-order valence-electron chi connectivity index (χ4n) is 4.84. The topological polar surface area (TPSA) is 67.2 Å². The molecule has 1 N–H and O–H groups in total. The van der Waals surface area contributed by atoms with E-state index in [0.717, 1.165) is 62.1 Å². The molecule has 1 atom stereocenters. The number of piperidine rings is 1. The Bertz CT molecular complexity index is 951. The van der Waals surface area contributed by atoms with E-state index in [4.69, 9.17) is 0 Å². The van der Waals surface area contributed by atoms with E-state index in [9.17, 15) is 9.59 Å². The molecule has 1 saturated carbocycles. The molecule has 1 unspecified atom stereocenters. The summed E-state index contributed by atoms with van der Waals surface area (Å²) in [4.78, 5) is 27.0. The van der Waals surface area contributed by atoms with E-state index in [1.807, 2.05) is 44.6 Å². The van der Waals surface area contributed by atoms with Crippen LogP contribution in [0.1, 0.15) is 71.5 Å². The van der Waals surface area contributed by atoms with Gasteiger partial charge in [-0.05, 0) is 76.5 Å². The minimum Gasteiger partial charge on any atom is -0.345 e. The number of likely N-dealkylation sites (tertiary alicyclic amines) is 1. The second-order valence-corrected chi connectivity index (χ2v) is 9.35. The van der Waals surface area contributed by atoms with Crippen LogP contribution in [0.4, 0.5) is 0 Å². The first-order valence-electron chi connectivity index (χ1n) is 11.5. The van der Waals surface area contributed by atoms with Crippen molar-refractivity contribution in [1.82, 2.24) is 20.0 Å². The van der Waals surface area contributed by atoms with Crippen LogP contribution in [0.25, 0.3) is 0 Å². The van der Waals surface area contributed by atoms with Crippen LogP contribution in [0.15, 0.2) is 24.3 Å². The molecule has 2 aliphatic rings. The van der Waals surface area contributed by atoms with E-state index in [1.165, 1.54) is 5.56 Å². The lowest BCUT2D eigenvalue weighted by atomic mass is 9.89. The second kappa shape index (κ2) is 8.85. The van der Waals surface area contributed by atoms with E-state index < -0.39 is 0 Å². The lowest BCUT2D eigenvalue weighted by Gasteiger charge is -2.32. The van der Waals surface area contributed by atoms with E-state index in [0.29, 0.717) is 23.3 Å². The molecule has 1 aromatic carbocycles. The first-order valence-corrected chi connectivity index (χ1v) is 11.5. The minimum atomic E-state index is -0.0931. The van der Waals surface area contributed by atoms with Crippen molar-refractivity contribution in [3.05, 3.63) is 52.3 Å². The molecule has 2 fully saturated rings. The number of nitrogens with one attached hydrogen (secondary N) is 1. The van der Waals surface area contributed by atoms with Gasteiger partial charge < -0.3 is 10.2 Å². The molecule has 2 heterocycles. The summed E-state index contributed by atoms with van der Waals surface area (Å²) < 4.78 is 1.86. The normalized spacial score (nSPS) is 18.1. The maximum Gasteiger partial charge on any atom is 0.251 e. The highest BCUT2D eigenvalue weighted by atomic mass is 16.2. The number of aromatic nitrogens is 2. The Morgan fingerprint density at radius 3 is 2.29 bits per heavy atom. The lowest BCUT2D eigenvalue weighted by molar-refractivity contribution is -0.133. The third kappa shape index (κ3) is 4.83. The molecule has 1 aliphatic carbocycles. The van der Waals surface area contributed by atoms with Crippen molar-refractivity contribution in [3.63, 3.8) is 0 Å². The number of benzene rings is 1. The largest absolute Gasteiger partial charge is 0.345 e. The van der Waals surface area contributed by atoms with Crippen molar-refractivity contribution in [1.29, 1.82) is 0 Å². The van der Waals surface area contributed by atoms with E-state index in [1.54, 1.807) is 0 Å². The van der Waals surface area contributed by atoms with Gasteiger partial charge in [0.2, 0.25) is 5.91 Å². The molecule has 0 radical (unpaired) electrons. The predicted octanol–water partition coefficient (Wildman–Crippen LogP) is 3.72. The molecule has 2 amide bonds. The summed E-state index contributed by atoms with van der Waals surface area (Å²) in [6.45, 7) is 7.80. The first kappa shape index (κ1) is 21.6. The minimum absolute atomic E-state index is 0.0615. The fourth-order valence-corrected chi connectivity index (χ4v) is 4.84. The Kier molecular flexibility index (Phi) is 6.17. The Morgan fingerprint density at radius 2 is 1.74 bits per heavy atom. The summed E-state index contributed by atoms with van der Waals surface area (Å²) in [5.74, 6) is 1.25. The van der Waals surface area contributed by atoms with Gasteiger partial charge in [0.15, 0.2) is 0 Å². The monoisotopic (exact) mass is 422 g/mol. The van der Waals surface area contributed by atoms with Crippen LogP contribution in [0.2, 0.25) is 0 Å². The van der Waals surface area contributed by atoms with Gasteiger partial charge in [0, 0.05) is 42.9 Å². The summed E-state index contributed by atoms with van der Waals surface area (Å²) in [6, 6.07) is 7.89. The fraction of sp³-hybridized carbons (Fsp3) is 0.560. The van der Waals surface area contributed by atoms with E-state index >= 15 is 0 Å². The first-order chi connectivity index (χ1) is 14.8. The van der Waals surface area contributed by atoms with Crippen molar-refractivity contribution in [2.75, 3.05) is 13.1 Å². The molecule has 1 aromatic heterocycles. The zero-order chi connectivity index (χ0) is 22.1. The molecular weight excluding hydrogens is 388 g/mol. The van der Waals surface area contributed by atoms with Crippen molar-refractivity contribution < 1.29 is 9.59 Å². The quantitative estimate of drug-likeness (QED) is 0.772. The molecule has 6 nitrogen and oxygen atoms in total. The lowest BCUT2D eigenvalue weighted by Crippen LogP contribution is -2.39. The van der Waals surface area contributed by atoms with Crippen molar-refractivity contribution >= 4 is 11.8 Å². The molecule has 2 aromatic rings. The zero-order valence-electron chi connectivity index (χ0n) is 19.1. The Labute approximate surface area is 185 Å². The number of amides is 2. The van der Waals surface area contributed by atoms with Gasteiger partial charge in [0.05, 0.1) is 11.7 Å². The number of hydrogen-bond acceptors (Lipinski definition) is 3. The molecular formula is C25H34N4O2. The van der Waals surface area contributed by atoms with E-state index in [-0.39, 0.29) is 11.9 Å². The van der Waals surface area contributed by atoms with Crippen LogP contribution in [0, 0.1) is 25.7 Å². The Morgan fingerprint density at radius 1 is 1.10 bits per heavy atom. The average Bonchev–Trinajstić information content (AvgIpc) is 3.56. The Hall–Kier alpha value is -2.63. The number of carbonyl (C=O) groups excluding carboxylic acids is 2. The van der Waals surface area contributed by atoms with Crippen molar-refractivity contribution in [2.24, 2.45) is 18.9 Å². The zero-order valence-corrected chi connectivity index (χ0v) is 19.1. The summed E-state index contributed by atoms with van der Waals surface area (Å²) in [5.41, 5.74) is 5.05. The van der Waals surface area contributed by atoms with Gasteiger partial charge in [-0.1, -0.05) is 12.1 Å². The number of aryl methyl sites for hydroxylation is 2. The average molecular weight is 423 g/mol. The van der Waals surface area contributed by atoms with Gasteiger partial charge >= 0.3 is 0 Å². The van der Waals surface area contributed by atoms with Crippen LogP contribution in [-0.2, 0) is 18.3 Å². The van der Waals surface area contributed by atoms with Gasteiger partial charge in [0.25, 0.3) is 5.91 Å². The molecule has 6 heteroatoms. The third-order valence-corrected chi connectivity index (χ3v) is 6.94. The van der Waals surface area contributed by atoms with E-state index in [2.05, 4.69) is 27.4 Å². The standard InChI is InChI=1S/C25H34N4O2/c1-16(23-17(2)27-28(4)18(23)3)26-24(30)21-7-5-19(6-8-21)15-20-11-13-29(14-12-20)25(31)22-9-10-22/h5-8,16,20,22H,9-15H2,1-4H3,(H,26,30). The van der Waals surface area contributed by atoms with Crippen LogP contribution in [0.3, 0.4) is 0 Å². The maximum atomic E-state index is 12.7. The second-order valence-electron chi connectivity index (χ2n) is 9.35. The summed E-state index contributed by atoms with van der Waals surface area (Å²) >= 11 is 0. The molecule has 166 valence electrons. The highest BCUT2D eigenvalue weighted by Crippen LogP contribution is 2.33. The van der Waals surface area contributed by atoms with Crippen LogP contribution in [-0.4, -0.2) is 39.6 Å². The number of rotatable bonds is 6. The molecule has 0 spiro atoms. The van der Waals surface area contributed by atoms with Crippen molar-refractivity contribution in [2.45, 2.75) is 58.9 Å². The molecule has 4 rings (SSSR count). The molecule has 1 saturated heterocycles. The van der Waals surface area contributed by atoms with Gasteiger partial charge in [-0.3, -0.25) is 14.3 Å². The van der Waals surface area contributed by atoms with Crippen LogP contribution >= 0.6 is 0 Å². The van der Waals surface area contributed by atoms with Gasteiger partial charge in [-0.25, -0.2) is 0 Å². The highest BCUT2D eigenvalue weighted by Gasteiger charge is 2.34. The number of nitrogens with zero attached hydrogens (tertiary/aromatic N) is 3. The molecule has 1 aliphatic heterocycles. The van der Waals surface area contributed by atoms with Crippen LogP contribution in [0.5, 0.6) is 0 Å².